The first-order valence-corrected chi connectivity index (χ1v) is 11.0. The molecule has 0 radical (unpaired) electrons. The van der Waals surface area contributed by atoms with Gasteiger partial charge in [-0.3, -0.25) is 9.78 Å². The minimum Gasteiger partial charge on any atom is -0.325 e. The first kappa shape index (κ1) is 21.3. The van der Waals surface area contributed by atoms with Gasteiger partial charge in [-0.05, 0) is 30.7 Å². The van der Waals surface area contributed by atoms with Gasteiger partial charge in [0.15, 0.2) is 0 Å². The fourth-order valence-electron chi connectivity index (χ4n) is 3.22. The van der Waals surface area contributed by atoms with E-state index in [1.807, 2.05) is 66.7 Å². The molecule has 5 nitrogen and oxygen atoms in total. The summed E-state index contributed by atoms with van der Waals surface area (Å²) in [6.07, 6.45) is 3.25. The molecule has 0 aliphatic rings. The highest BCUT2D eigenvalue weighted by molar-refractivity contribution is 8.00. The number of thioether (sulfide) groups is 1. The Bertz CT molecular complexity index is 1260. The predicted octanol–water partition coefficient (Wildman–Crippen LogP) is 5.80. The van der Waals surface area contributed by atoms with E-state index in [1.54, 1.807) is 31.5 Å². The van der Waals surface area contributed by atoms with Gasteiger partial charge in [-0.15, -0.1) is 0 Å². The van der Waals surface area contributed by atoms with E-state index in [4.69, 9.17) is 4.98 Å². The maximum absolute atomic E-state index is 12.8. The second-order valence-corrected chi connectivity index (χ2v) is 8.39. The fraction of sp³-hybridized carbons (Fsp3) is 0.0769. The number of amides is 1. The Hall–Kier alpha value is -3.95. The third kappa shape index (κ3) is 4.85. The fourth-order valence-corrected chi connectivity index (χ4v) is 4.14. The second kappa shape index (κ2) is 9.90. The number of rotatable bonds is 6. The third-order valence-corrected chi connectivity index (χ3v) is 5.94. The summed E-state index contributed by atoms with van der Waals surface area (Å²) in [5.41, 5.74) is 4.57. The second-order valence-electron chi connectivity index (χ2n) is 7.06. The Morgan fingerprint density at radius 3 is 2.22 bits per heavy atom. The van der Waals surface area contributed by atoms with E-state index in [1.165, 1.54) is 11.8 Å². The van der Waals surface area contributed by atoms with Gasteiger partial charge in [0.2, 0.25) is 5.91 Å². The molecule has 2 aromatic heterocycles. The predicted molar refractivity (Wildman–Crippen MR) is 128 cm³/mol. The molecular weight excluding hydrogens is 416 g/mol. The zero-order valence-electron chi connectivity index (χ0n) is 17.4. The topological polar surface area (TPSA) is 78.7 Å². The Kier molecular flexibility index (Phi) is 6.59. The number of hydrogen-bond donors (Lipinski definition) is 1. The monoisotopic (exact) mass is 436 g/mol. The molecule has 1 amide bonds. The SMILES string of the molecule is CC(Sc1nc(-c2ccccc2)cc(-c2ccccc2)c1C#N)C(=O)Nc1ccncc1. The minimum absolute atomic E-state index is 0.168. The molecule has 0 aliphatic heterocycles. The van der Waals surface area contributed by atoms with Crippen LogP contribution in [0.5, 0.6) is 0 Å². The molecule has 32 heavy (non-hydrogen) atoms. The van der Waals surface area contributed by atoms with Crippen molar-refractivity contribution in [2.75, 3.05) is 5.32 Å². The smallest absolute Gasteiger partial charge is 0.237 e. The lowest BCUT2D eigenvalue weighted by atomic mass is 9.99. The number of aromatic nitrogens is 2. The van der Waals surface area contributed by atoms with E-state index in [2.05, 4.69) is 16.4 Å². The van der Waals surface area contributed by atoms with Crippen LogP contribution in [0, 0.1) is 11.3 Å². The van der Waals surface area contributed by atoms with Crippen molar-refractivity contribution in [3.63, 3.8) is 0 Å². The molecule has 2 heterocycles. The number of pyridine rings is 2. The van der Waals surface area contributed by atoms with Crippen molar-refractivity contribution in [3.8, 4) is 28.5 Å². The molecule has 1 N–H and O–H groups in total. The molecule has 4 rings (SSSR count). The van der Waals surface area contributed by atoms with Gasteiger partial charge < -0.3 is 5.32 Å². The molecule has 2 aromatic carbocycles. The van der Waals surface area contributed by atoms with Gasteiger partial charge in [0.1, 0.15) is 11.1 Å². The maximum atomic E-state index is 12.8. The van der Waals surface area contributed by atoms with Crippen molar-refractivity contribution in [1.82, 2.24) is 9.97 Å². The van der Waals surface area contributed by atoms with E-state index in [0.717, 1.165) is 22.4 Å². The van der Waals surface area contributed by atoms with Gasteiger partial charge in [-0.1, -0.05) is 72.4 Å². The molecule has 0 bridgehead atoms. The lowest BCUT2D eigenvalue weighted by Crippen LogP contribution is -2.22. The molecule has 0 aliphatic carbocycles. The van der Waals surface area contributed by atoms with Crippen molar-refractivity contribution in [1.29, 1.82) is 5.26 Å². The summed E-state index contributed by atoms with van der Waals surface area (Å²) in [4.78, 5) is 21.5. The maximum Gasteiger partial charge on any atom is 0.237 e. The number of carbonyl (C=O) groups is 1. The van der Waals surface area contributed by atoms with Crippen molar-refractivity contribution in [2.45, 2.75) is 17.2 Å². The van der Waals surface area contributed by atoms with Crippen LogP contribution in [0.4, 0.5) is 5.69 Å². The summed E-state index contributed by atoms with van der Waals surface area (Å²) in [6, 6.07) is 27.3. The lowest BCUT2D eigenvalue weighted by Gasteiger charge is -2.16. The van der Waals surface area contributed by atoms with Crippen LogP contribution in [-0.2, 0) is 4.79 Å². The van der Waals surface area contributed by atoms with Gasteiger partial charge >= 0.3 is 0 Å². The van der Waals surface area contributed by atoms with Crippen LogP contribution < -0.4 is 5.32 Å². The van der Waals surface area contributed by atoms with Crippen LogP contribution in [0.15, 0.2) is 96.3 Å². The van der Waals surface area contributed by atoms with Crippen LogP contribution >= 0.6 is 11.8 Å². The van der Waals surface area contributed by atoms with Crippen LogP contribution in [0.2, 0.25) is 0 Å². The highest BCUT2D eigenvalue weighted by Gasteiger charge is 2.21. The number of anilines is 1. The van der Waals surface area contributed by atoms with Gasteiger partial charge in [-0.2, -0.15) is 5.26 Å². The largest absolute Gasteiger partial charge is 0.325 e. The van der Waals surface area contributed by atoms with Crippen molar-refractivity contribution < 1.29 is 4.79 Å². The van der Waals surface area contributed by atoms with Gasteiger partial charge in [0.05, 0.1) is 16.5 Å². The van der Waals surface area contributed by atoms with E-state index >= 15 is 0 Å². The summed E-state index contributed by atoms with van der Waals surface area (Å²) >= 11 is 1.28. The average Bonchev–Trinajstić information content (AvgIpc) is 2.85. The number of nitrogens with zero attached hydrogens (tertiary/aromatic N) is 3. The number of nitrogens with one attached hydrogen (secondary N) is 1. The zero-order valence-corrected chi connectivity index (χ0v) is 18.2. The molecule has 1 unspecified atom stereocenters. The molecule has 0 saturated heterocycles. The minimum atomic E-state index is -0.461. The number of carbonyl (C=O) groups excluding carboxylic acids is 1. The highest BCUT2D eigenvalue weighted by atomic mass is 32.2. The summed E-state index contributed by atoms with van der Waals surface area (Å²) < 4.78 is 0. The normalized spacial score (nSPS) is 11.4. The Balaban J connectivity index is 1.73. The van der Waals surface area contributed by atoms with Crippen molar-refractivity contribution >= 4 is 23.4 Å². The summed E-state index contributed by atoms with van der Waals surface area (Å²) in [6.45, 7) is 1.81. The molecule has 4 aromatic rings. The van der Waals surface area contributed by atoms with Crippen molar-refractivity contribution in [3.05, 3.63) is 96.8 Å². The first-order valence-electron chi connectivity index (χ1n) is 10.1. The Morgan fingerprint density at radius 2 is 1.59 bits per heavy atom. The van der Waals surface area contributed by atoms with Crippen LogP contribution in [0.3, 0.4) is 0 Å². The average molecular weight is 437 g/mol. The summed E-state index contributed by atoms with van der Waals surface area (Å²) in [5.74, 6) is -0.168. The van der Waals surface area contributed by atoms with Crippen LogP contribution in [-0.4, -0.2) is 21.1 Å². The van der Waals surface area contributed by atoms with Crippen LogP contribution in [0.1, 0.15) is 12.5 Å². The summed E-state index contributed by atoms with van der Waals surface area (Å²) in [7, 11) is 0. The summed E-state index contributed by atoms with van der Waals surface area (Å²) in [5, 5.41) is 13.0. The van der Waals surface area contributed by atoms with Crippen molar-refractivity contribution in [2.24, 2.45) is 0 Å². The molecule has 0 fully saturated rings. The highest BCUT2D eigenvalue weighted by Crippen LogP contribution is 2.35. The van der Waals surface area contributed by atoms with Crippen LogP contribution in [0.25, 0.3) is 22.4 Å². The molecular formula is C26H20N4OS. The standard InChI is InChI=1S/C26H20N4OS/c1-18(25(31)29-21-12-14-28-15-13-21)32-26-23(17-27)22(19-8-4-2-5-9-19)16-24(30-26)20-10-6-3-7-11-20/h2-16,18H,1H3,(H,28,29,31). The Morgan fingerprint density at radius 1 is 0.969 bits per heavy atom. The third-order valence-electron chi connectivity index (χ3n) is 4.86. The molecule has 156 valence electrons. The van der Waals surface area contributed by atoms with E-state index in [-0.39, 0.29) is 5.91 Å². The quantitative estimate of drug-likeness (QED) is 0.386. The molecule has 0 saturated carbocycles. The van der Waals surface area contributed by atoms with E-state index in [0.29, 0.717) is 16.3 Å². The van der Waals surface area contributed by atoms with Gasteiger partial charge in [0.25, 0.3) is 0 Å². The van der Waals surface area contributed by atoms with Gasteiger partial charge in [0, 0.05) is 29.2 Å². The van der Waals surface area contributed by atoms with Gasteiger partial charge in [-0.25, -0.2) is 4.98 Å². The molecule has 1 atom stereocenters. The number of benzene rings is 2. The molecule has 0 spiro atoms. The zero-order chi connectivity index (χ0) is 22.3. The number of nitriles is 1. The Labute approximate surface area is 191 Å². The van der Waals surface area contributed by atoms with E-state index < -0.39 is 5.25 Å². The first-order chi connectivity index (χ1) is 15.7. The van der Waals surface area contributed by atoms with E-state index in [9.17, 15) is 10.1 Å². The lowest BCUT2D eigenvalue weighted by molar-refractivity contribution is -0.115. The number of hydrogen-bond acceptors (Lipinski definition) is 5. The molecule has 6 heteroatoms.